The number of amides is 1. The van der Waals surface area contributed by atoms with Crippen LogP contribution in [0.15, 0.2) is 29.2 Å². The topological polar surface area (TPSA) is 312 Å². The van der Waals surface area contributed by atoms with Crippen LogP contribution in [0.5, 0.6) is 5.75 Å². The molecule has 6 N–H and O–H groups in total. The normalized spacial score (nSPS) is 42.0. The van der Waals surface area contributed by atoms with Gasteiger partial charge in [-0.1, -0.05) is 0 Å². The van der Waals surface area contributed by atoms with Gasteiger partial charge in [0.1, 0.15) is 23.2 Å². The Hall–Kier alpha value is -4.31. The van der Waals surface area contributed by atoms with E-state index in [1.54, 1.807) is 20.8 Å². The summed E-state index contributed by atoms with van der Waals surface area (Å²) in [7, 11) is 1.20. The SMILES string of the molecule is COC1=CC(=O)c2c(cc3c(c2O)C(=O)C2(OC4CCC(OC5CCC(O)C(C)O5)C(C)O4)C(O)=C(C(N)=O)C(=O)C(OC4CCC(OC5CCC(OC6CCC(OC7CCC(O)C(C)O7)C(C)O6)C(C)O5)C(C)O4)C2C3)C1=O. The van der Waals surface area contributed by atoms with E-state index < -0.39 is 162 Å². The molecular weight excluding hydrogens is 1040 g/mol. The van der Waals surface area contributed by atoms with Gasteiger partial charge in [-0.05, 0) is 98.1 Å². The van der Waals surface area contributed by atoms with Crippen molar-refractivity contribution in [1.82, 2.24) is 0 Å². The molecule has 9 aliphatic rings. The number of carbonyl (C=O) groups is 5. The number of benzene rings is 1. The number of fused-ring (bicyclic) bond motifs is 3. The van der Waals surface area contributed by atoms with Crippen LogP contribution in [0.4, 0.5) is 0 Å². The lowest BCUT2D eigenvalue weighted by Crippen LogP contribution is -2.65. The van der Waals surface area contributed by atoms with E-state index in [1.165, 1.54) is 13.2 Å². The average molecular weight is 1110 g/mol. The van der Waals surface area contributed by atoms with Gasteiger partial charge in [0.05, 0.1) is 91.5 Å². The zero-order valence-electron chi connectivity index (χ0n) is 45.6. The number of Topliss-reactive ketones (excluding diaryl/α,β-unsaturated/α-hetero) is 3. The fourth-order valence-corrected chi connectivity index (χ4v) is 12.7. The number of aliphatic hydroxyl groups is 3. The number of phenolic OH excluding ortho intramolecular Hbond substituents is 1. The van der Waals surface area contributed by atoms with Crippen LogP contribution in [-0.2, 0) is 77.6 Å². The maximum Gasteiger partial charge on any atom is 0.255 e. The average Bonchev–Trinajstić information content (AvgIpc) is 2.83. The molecule has 23 nitrogen and oxygen atoms in total. The number of hydrogen-bond donors (Lipinski definition) is 5. The molecule has 1 amide bonds. The largest absolute Gasteiger partial charge is 0.508 e. The highest BCUT2D eigenvalue weighted by atomic mass is 16.8. The third-order valence-corrected chi connectivity index (χ3v) is 17.3. The van der Waals surface area contributed by atoms with Crippen LogP contribution >= 0.6 is 0 Å². The lowest BCUT2D eigenvalue weighted by atomic mass is 9.62. The van der Waals surface area contributed by atoms with Crippen LogP contribution in [0.25, 0.3) is 0 Å². The molecule has 6 heterocycles. The van der Waals surface area contributed by atoms with Crippen molar-refractivity contribution in [2.24, 2.45) is 11.7 Å². The monoisotopic (exact) mass is 1110 g/mol. The van der Waals surface area contributed by atoms with Crippen molar-refractivity contribution in [3.63, 3.8) is 0 Å². The number of methoxy groups -OCH3 is 1. The van der Waals surface area contributed by atoms with Crippen LogP contribution in [-0.4, -0.2) is 179 Å². The summed E-state index contributed by atoms with van der Waals surface area (Å²) < 4.78 is 80.8. The maximum absolute atomic E-state index is 15.5. The van der Waals surface area contributed by atoms with E-state index in [-0.39, 0.29) is 66.7 Å². The number of hydrogen-bond acceptors (Lipinski definition) is 22. The van der Waals surface area contributed by atoms with E-state index in [4.69, 9.17) is 67.3 Å². The van der Waals surface area contributed by atoms with Gasteiger partial charge >= 0.3 is 0 Å². The number of ketones is 4. The first-order valence-corrected chi connectivity index (χ1v) is 28.0. The van der Waals surface area contributed by atoms with Crippen LogP contribution in [0.3, 0.4) is 0 Å². The third-order valence-electron chi connectivity index (χ3n) is 17.3. The third kappa shape index (κ3) is 11.3. The number of phenols is 1. The van der Waals surface area contributed by atoms with Crippen LogP contribution in [0.2, 0.25) is 0 Å². The van der Waals surface area contributed by atoms with E-state index in [9.17, 15) is 39.6 Å². The Bertz CT molecular complexity index is 2570. The lowest BCUT2D eigenvalue weighted by Gasteiger charge is -2.50. The van der Waals surface area contributed by atoms with E-state index in [1.807, 2.05) is 20.8 Å². The molecule has 436 valence electrons. The standard InChI is InChI=1S/C56H75NO22/c1-23-32(58)8-14-40(68-23)74-35-10-16-42(70-25(35)3)76-36-11-17-43(71-26(36)4)77-37-12-18-44(72-27(37)5)78-52-31-21-29-20-30-47(34(60)22-39(67-7)49(30)61)50(62)46(29)53(64)56(31,54(65)48(51(52)63)55(57)66)79-45-19-13-38(28(6)73-45)75-41-15-9-33(59)24(2)69-41/h20,22-28,31-33,35-38,40-45,52,58-59,62,65H,8-19,21H2,1-7H3,(H2,57,66). The number of allylic oxidation sites excluding steroid dienone is 2. The smallest absolute Gasteiger partial charge is 0.255 e. The summed E-state index contributed by atoms with van der Waals surface area (Å²) in [5.41, 5.74) is 0.936. The second-order valence-corrected chi connectivity index (χ2v) is 22.5. The van der Waals surface area contributed by atoms with Gasteiger partial charge in [-0.3, -0.25) is 24.0 Å². The molecule has 3 aliphatic carbocycles. The molecule has 79 heavy (non-hydrogen) atoms. The summed E-state index contributed by atoms with van der Waals surface area (Å²) in [6.45, 7) is 10.9. The van der Waals surface area contributed by atoms with Gasteiger partial charge in [0.2, 0.25) is 17.3 Å². The molecule has 21 unspecified atom stereocenters. The summed E-state index contributed by atoms with van der Waals surface area (Å²) in [6.07, 6.45) is -5.72. The minimum Gasteiger partial charge on any atom is -0.508 e. The number of rotatable bonds is 14. The first-order valence-electron chi connectivity index (χ1n) is 28.0. The van der Waals surface area contributed by atoms with Crippen molar-refractivity contribution in [2.45, 2.75) is 248 Å². The highest BCUT2D eigenvalue weighted by Gasteiger charge is 2.66. The van der Waals surface area contributed by atoms with Gasteiger partial charge in [-0.25, -0.2) is 0 Å². The quantitative estimate of drug-likeness (QED) is 0.164. The second kappa shape index (κ2) is 23.5. The van der Waals surface area contributed by atoms with Crippen molar-refractivity contribution in [3.05, 3.63) is 51.5 Å². The highest BCUT2D eigenvalue weighted by Crippen LogP contribution is 2.52. The van der Waals surface area contributed by atoms with Gasteiger partial charge in [0, 0.05) is 56.1 Å². The number of ether oxygens (including phenoxy) is 13. The molecule has 21 atom stereocenters. The maximum atomic E-state index is 15.5. The van der Waals surface area contributed by atoms with E-state index in [0.29, 0.717) is 57.8 Å². The Morgan fingerprint density at radius 1 is 0.582 bits per heavy atom. The molecular formula is C56H75NO22. The fourth-order valence-electron chi connectivity index (χ4n) is 12.7. The number of primary amides is 1. The Kier molecular flexibility index (Phi) is 17.2. The molecule has 0 aromatic heterocycles. The summed E-state index contributed by atoms with van der Waals surface area (Å²) in [6, 6.07) is 1.26. The molecule has 6 saturated heterocycles. The van der Waals surface area contributed by atoms with Crippen LogP contribution in [0, 0.1) is 5.92 Å². The first-order chi connectivity index (χ1) is 37.6. The minimum absolute atomic E-state index is 0.0154. The van der Waals surface area contributed by atoms with Gasteiger partial charge in [-0.2, -0.15) is 0 Å². The fraction of sp³-hybridized carbons (Fsp3) is 0.732. The Balaban J connectivity index is 0.832. The molecule has 0 radical (unpaired) electrons. The minimum atomic E-state index is -2.71. The molecule has 23 heteroatoms. The summed E-state index contributed by atoms with van der Waals surface area (Å²) >= 11 is 0. The molecule has 6 fully saturated rings. The van der Waals surface area contributed by atoms with Gasteiger partial charge in [0.15, 0.2) is 54.9 Å². The molecule has 0 saturated carbocycles. The van der Waals surface area contributed by atoms with E-state index in [0.717, 1.165) is 6.08 Å². The van der Waals surface area contributed by atoms with Gasteiger partial charge in [-0.15, -0.1) is 0 Å². The number of aromatic hydroxyl groups is 1. The number of aliphatic hydroxyl groups excluding tert-OH is 3. The number of carbonyl (C=O) groups excluding carboxylic acids is 5. The Morgan fingerprint density at radius 3 is 1.43 bits per heavy atom. The van der Waals surface area contributed by atoms with Crippen molar-refractivity contribution in [2.75, 3.05) is 7.11 Å². The zero-order valence-corrected chi connectivity index (χ0v) is 45.6. The molecule has 1 aromatic carbocycles. The molecule has 6 aliphatic heterocycles. The van der Waals surface area contributed by atoms with E-state index >= 15 is 4.79 Å². The van der Waals surface area contributed by atoms with E-state index in [2.05, 4.69) is 0 Å². The first kappa shape index (κ1) is 57.9. The van der Waals surface area contributed by atoms with Crippen LogP contribution < -0.4 is 5.73 Å². The van der Waals surface area contributed by atoms with Crippen molar-refractivity contribution >= 4 is 29.0 Å². The molecule has 1 aromatic rings. The van der Waals surface area contributed by atoms with Crippen molar-refractivity contribution in [3.8, 4) is 5.75 Å². The van der Waals surface area contributed by atoms with Crippen LogP contribution in [0.1, 0.15) is 155 Å². The highest BCUT2D eigenvalue weighted by molar-refractivity contribution is 6.28. The lowest BCUT2D eigenvalue weighted by molar-refractivity contribution is -0.316. The second-order valence-electron chi connectivity index (χ2n) is 22.5. The zero-order chi connectivity index (χ0) is 56.4. The Morgan fingerprint density at radius 2 is 1.00 bits per heavy atom. The summed E-state index contributed by atoms with van der Waals surface area (Å²) in [4.78, 5) is 70.7. The van der Waals surface area contributed by atoms with Crippen molar-refractivity contribution in [1.29, 1.82) is 0 Å². The Labute approximate surface area is 457 Å². The van der Waals surface area contributed by atoms with Crippen molar-refractivity contribution < 1.29 is 106 Å². The molecule has 0 spiro atoms. The van der Waals surface area contributed by atoms with Gasteiger partial charge in [0.25, 0.3) is 5.91 Å². The predicted molar refractivity (Wildman–Crippen MR) is 269 cm³/mol. The summed E-state index contributed by atoms with van der Waals surface area (Å²) in [5, 5.41) is 44.5. The molecule has 0 bridgehead atoms. The van der Waals surface area contributed by atoms with Gasteiger partial charge < -0.3 is 87.7 Å². The summed E-state index contributed by atoms with van der Waals surface area (Å²) in [5.74, 6) is -9.03. The predicted octanol–water partition coefficient (Wildman–Crippen LogP) is 4.09. The molecule has 10 rings (SSSR count). The number of nitrogens with two attached hydrogens (primary N) is 1.